The average molecular weight is 200 g/mol. The smallest absolute Gasteiger partial charge is 0.0996 e. The Balaban J connectivity index is 2.39. The quantitative estimate of drug-likeness (QED) is 0.823. The predicted octanol–water partition coefficient (Wildman–Crippen LogP) is 2.01. The first kappa shape index (κ1) is 9.68. The highest BCUT2D eigenvalue weighted by Crippen LogP contribution is 2.12. The van der Waals surface area contributed by atoms with E-state index in [-0.39, 0.29) is 6.61 Å². The van der Waals surface area contributed by atoms with E-state index in [1.165, 1.54) is 0 Å². The third-order valence-electron chi connectivity index (χ3n) is 2.20. The Kier molecular flexibility index (Phi) is 2.65. The van der Waals surface area contributed by atoms with E-state index >= 15 is 0 Å². The van der Waals surface area contributed by atoms with Crippen molar-refractivity contribution in [3.8, 4) is 5.69 Å². The summed E-state index contributed by atoms with van der Waals surface area (Å²) in [6, 6.07) is 7.94. The van der Waals surface area contributed by atoms with Crippen LogP contribution >= 0.6 is 0 Å². The minimum atomic E-state index is -0.0336. The lowest BCUT2D eigenvalue weighted by Crippen LogP contribution is -1.90. The van der Waals surface area contributed by atoms with Crippen LogP contribution in [0.3, 0.4) is 0 Å². The lowest BCUT2D eigenvalue weighted by atomic mass is 10.2. The molecule has 0 atom stereocenters. The van der Waals surface area contributed by atoms with Gasteiger partial charge in [-0.1, -0.05) is 24.8 Å². The van der Waals surface area contributed by atoms with Gasteiger partial charge in [-0.25, -0.2) is 4.98 Å². The van der Waals surface area contributed by atoms with Crippen LogP contribution in [0, 0.1) is 0 Å². The number of hydrogen-bond donors (Lipinski definition) is 1. The number of imidazole rings is 1. The van der Waals surface area contributed by atoms with Crippen molar-refractivity contribution in [2.75, 3.05) is 0 Å². The molecule has 0 aliphatic heterocycles. The van der Waals surface area contributed by atoms with E-state index in [1.54, 1.807) is 12.4 Å². The van der Waals surface area contributed by atoms with Crippen molar-refractivity contribution in [3.63, 3.8) is 0 Å². The predicted molar refractivity (Wildman–Crippen MR) is 59.6 cm³/mol. The van der Waals surface area contributed by atoms with E-state index in [9.17, 15) is 0 Å². The molecule has 0 saturated heterocycles. The van der Waals surface area contributed by atoms with Gasteiger partial charge in [0.15, 0.2) is 0 Å². The van der Waals surface area contributed by atoms with Crippen LogP contribution < -0.4 is 0 Å². The van der Waals surface area contributed by atoms with Crippen molar-refractivity contribution in [1.82, 2.24) is 9.55 Å². The van der Waals surface area contributed by atoms with Crippen molar-refractivity contribution >= 4 is 6.08 Å². The second kappa shape index (κ2) is 4.11. The van der Waals surface area contributed by atoms with E-state index < -0.39 is 0 Å². The van der Waals surface area contributed by atoms with Gasteiger partial charge in [0.05, 0.1) is 18.6 Å². The van der Waals surface area contributed by atoms with Crippen LogP contribution in [-0.2, 0) is 6.61 Å². The second-order valence-corrected chi connectivity index (χ2v) is 3.23. The molecule has 0 amide bonds. The molecule has 2 rings (SSSR count). The highest BCUT2D eigenvalue weighted by atomic mass is 16.3. The molecule has 0 aliphatic carbocycles. The van der Waals surface area contributed by atoms with Crippen molar-refractivity contribution < 1.29 is 5.11 Å². The number of rotatable bonds is 3. The minimum Gasteiger partial charge on any atom is -0.390 e. The Labute approximate surface area is 88.3 Å². The lowest BCUT2D eigenvalue weighted by molar-refractivity contribution is 0.277. The molecule has 1 aromatic heterocycles. The first-order valence-electron chi connectivity index (χ1n) is 4.70. The molecule has 0 unspecified atom stereocenters. The third-order valence-corrected chi connectivity index (χ3v) is 2.20. The summed E-state index contributed by atoms with van der Waals surface area (Å²) in [7, 11) is 0. The SMILES string of the molecule is C=Cc1cccc(-n2cnc(CO)c2)c1. The molecule has 0 aliphatic rings. The Morgan fingerprint density at radius 1 is 1.47 bits per heavy atom. The highest BCUT2D eigenvalue weighted by Gasteiger charge is 1.99. The average Bonchev–Trinajstić information content (AvgIpc) is 2.78. The standard InChI is InChI=1S/C12H12N2O/c1-2-10-4-3-5-12(6-10)14-7-11(8-15)13-9-14/h2-7,9,15H,1,8H2. The van der Waals surface area contributed by atoms with E-state index in [4.69, 9.17) is 5.11 Å². The molecule has 0 fully saturated rings. The molecule has 0 bridgehead atoms. The van der Waals surface area contributed by atoms with Crippen LogP contribution in [0.5, 0.6) is 0 Å². The molecule has 15 heavy (non-hydrogen) atoms. The number of benzene rings is 1. The summed E-state index contributed by atoms with van der Waals surface area (Å²) in [5.74, 6) is 0. The maximum absolute atomic E-state index is 8.91. The molecule has 3 heteroatoms. The summed E-state index contributed by atoms with van der Waals surface area (Å²) < 4.78 is 1.87. The van der Waals surface area contributed by atoms with Crippen molar-refractivity contribution in [3.05, 3.63) is 54.6 Å². The summed E-state index contributed by atoms with van der Waals surface area (Å²) in [5, 5.41) is 8.91. The van der Waals surface area contributed by atoms with Crippen LogP contribution in [0.1, 0.15) is 11.3 Å². The van der Waals surface area contributed by atoms with E-state index in [0.29, 0.717) is 5.69 Å². The van der Waals surface area contributed by atoms with Gasteiger partial charge in [-0.3, -0.25) is 0 Å². The van der Waals surface area contributed by atoms with Gasteiger partial charge in [-0.05, 0) is 17.7 Å². The zero-order chi connectivity index (χ0) is 10.7. The zero-order valence-corrected chi connectivity index (χ0v) is 8.30. The second-order valence-electron chi connectivity index (χ2n) is 3.23. The lowest BCUT2D eigenvalue weighted by Gasteiger charge is -2.02. The molecule has 1 heterocycles. The van der Waals surface area contributed by atoms with Gasteiger partial charge in [0, 0.05) is 11.9 Å². The van der Waals surface area contributed by atoms with Crippen molar-refractivity contribution in [1.29, 1.82) is 0 Å². The van der Waals surface area contributed by atoms with Gasteiger partial charge < -0.3 is 9.67 Å². The number of nitrogens with zero attached hydrogens (tertiary/aromatic N) is 2. The fourth-order valence-corrected chi connectivity index (χ4v) is 1.40. The largest absolute Gasteiger partial charge is 0.390 e. The third kappa shape index (κ3) is 1.97. The number of aromatic nitrogens is 2. The Hall–Kier alpha value is -1.87. The summed E-state index contributed by atoms with van der Waals surface area (Å²) in [4.78, 5) is 4.05. The van der Waals surface area contributed by atoms with E-state index in [2.05, 4.69) is 11.6 Å². The molecule has 0 spiro atoms. The van der Waals surface area contributed by atoms with E-state index in [0.717, 1.165) is 11.3 Å². The van der Waals surface area contributed by atoms with Gasteiger partial charge in [-0.2, -0.15) is 0 Å². The van der Waals surface area contributed by atoms with Crippen LogP contribution in [0.4, 0.5) is 0 Å². The maximum atomic E-state index is 8.91. The molecule has 1 aromatic carbocycles. The molecular formula is C12H12N2O. The molecular weight excluding hydrogens is 188 g/mol. The number of aliphatic hydroxyl groups is 1. The Bertz CT molecular complexity index is 474. The van der Waals surface area contributed by atoms with Crippen LogP contribution in [-0.4, -0.2) is 14.7 Å². The van der Waals surface area contributed by atoms with Gasteiger partial charge in [0.2, 0.25) is 0 Å². The molecule has 0 radical (unpaired) electrons. The van der Waals surface area contributed by atoms with Gasteiger partial charge in [0.1, 0.15) is 0 Å². The molecule has 0 saturated carbocycles. The molecule has 76 valence electrons. The van der Waals surface area contributed by atoms with Crippen LogP contribution in [0.15, 0.2) is 43.4 Å². The summed E-state index contributed by atoms with van der Waals surface area (Å²) >= 11 is 0. The van der Waals surface area contributed by atoms with Crippen LogP contribution in [0.25, 0.3) is 11.8 Å². The normalized spacial score (nSPS) is 10.2. The van der Waals surface area contributed by atoms with Crippen molar-refractivity contribution in [2.24, 2.45) is 0 Å². The monoisotopic (exact) mass is 200 g/mol. The highest BCUT2D eigenvalue weighted by molar-refractivity contribution is 5.51. The van der Waals surface area contributed by atoms with Gasteiger partial charge in [0.25, 0.3) is 0 Å². The first-order chi connectivity index (χ1) is 7.33. The molecule has 1 N–H and O–H groups in total. The maximum Gasteiger partial charge on any atom is 0.0996 e. The summed E-state index contributed by atoms with van der Waals surface area (Å²) in [6.45, 7) is 3.69. The van der Waals surface area contributed by atoms with Crippen molar-refractivity contribution in [2.45, 2.75) is 6.61 Å². The Morgan fingerprint density at radius 3 is 3.00 bits per heavy atom. The first-order valence-corrected chi connectivity index (χ1v) is 4.70. The summed E-state index contributed by atoms with van der Waals surface area (Å²) in [6.07, 6.45) is 5.29. The van der Waals surface area contributed by atoms with E-state index in [1.807, 2.05) is 35.0 Å². The summed E-state index contributed by atoms with van der Waals surface area (Å²) in [5.41, 5.74) is 2.74. The fraction of sp³-hybridized carbons (Fsp3) is 0.0833. The number of aliphatic hydroxyl groups excluding tert-OH is 1. The Morgan fingerprint density at radius 2 is 2.33 bits per heavy atom. The molecule has 3 nitrogen and oxygen atoms in total. The van der Waals surface area contributed by atoms with Gasteiger partial charge >= 0.3 is 0 Å². The topological polar surface area (TPSA) is 38.0 Å². The molecule has 2 aromatic rings. The number of hydrogen-bond acceptors (Lipinski definition) is 2. The zero-order valence-electron chi connectivity index (χ0n) is 8.30. The minimum absolute atomic E-state index is 0.0336. The fourth-order valence-electron chi connectivity index (χ4n) is 1.40. The van der Waals surface area contributed by atoms with Crippen LogP contribution in [0.2, 0.25) is 0 Å². The van der Waals surface area contributed by atoms with Gasteiger partial charge in [-0.15, -0.1) is 0 Å².